The zero-order valence-corrected chi connectivity index (χ0v) is 36.6. The van der Waals surface area contributed by atoms with Crippen molar-refractivity contribution in [3.05, 3.63) is 192 Å². The molecule has 0 radical (unpaired) electrons. The minimum Gasteiger partial charge on any atom is -0.310 e. The second kappa shape index (κ2) is 13.8. The molecule has 1 aliphatic rings. The van der Waals surface area contributed by atoms with Gasteiger partial charge in [-0.05, 0) is 108 Å². The lowest BCUT2D eigenvalue weighted by Crippen LogP contribution is -2.63. The summed E-state index contributed by atoms with van der Waals surface area (Å²) in [5.74, 6) is 0. The van der Waals surface area contributed by atoms with Crippen LogP contribution in [0.3, 0.4) is 0 Å². The smallest absolute Gasteiger partial charge is 0.0579 e. The number of para-hydroxylation sites is 2. The Morgan fingerprint density at radius 1 is 0.351 bits per heavy atom. The minimum atomic E-state index is -2.11. The third-order valence-electron chi connectivity index (χ3n) is 12.4. The molecule has 1 aliphatic carbocycles. The maximum absolute atomic E-state index is 2.64. The van der Waals surface area contributed by atoms with Crippen LogP contribution in [0.5, 0.6) is 0 Å². The topological polar surface area (TPSA) is 6.48 Å². The van der Waals surface area contributed by atoms with Gasteiger partial charge >= 0.3 is 0 Å². The van der Waals surface area contributed by atoms with Gasteiger partial charge in [0, 0.05) is 38.2 Å². The number of fused-ring (bicyclic) bond motifs is 7. The van der Waals surface area contributed by atoms with E-state index in [9.17, 15) is 0 Å². The highest BCUT2D eigenvalue weighted by Gasteiger charge is 2.60. The summed E-state index contributed by atoms with van der Waals surface area (Å²) in [5.41, 5.74) is 15.5. The van der Waals surface area contributed by atoms with Gasteiger partial charge < -0.3 is 9.80 Å². The van der Waals surface area contributed by atoms with Crippen LogP contribution in [-0.2, 0) is 4.66 Å². The van der Waals surface area contributed by atoms with E-state index in [1.54, 1.807) is 0 Å². The summed E-state index contributed by atoms with van der Waals surface area (Å²) in [6.07, 6.45) is 0. The van der Waals surface area contributed by atoms with Crippen LogP contribution in [0.4, 0.5) is 34.1 Å². The summed E-state index contributed by atoms with van der Waals surface area (Å²) in [6.45, 7) is 20.2. The largest absolute Gasteiger partial charge is 0.310 e. The van der Waals surface area contributed by atoms with E-state index in [2.05, 4.69) is 233 Å². The number of anilines is 6. The SMILES string of the molecule is Cc1ccc(N(c2ccccc2)c2cc3c(c4ccccc24)-c2c(cc(N(c4ccccc4)c4ccc(C)cc4)c4ccccc24)C3([Si](C)(C)C)[Si](C)(C)C)cc1. The number of hydrogen-bond acceptors (Lipinski definition) is 2. The Morgan fingerprint density at radius 2 is 0.649 bits per heavy atom. The molecule has 57 heavy (non-hydrogen) atoms. The first-order valence-corrected chi connectivity index (χ1v) is 27.4. The van der Waals surface area contributed by atoms with Crippen molar-refractivity contribution in [2.24, 2.45) is 0 Å². The van der Waals surface area contributed by atoms with Crippen molar-refractivity contribution in [1.82, 2.24) is 0 Å². The Balaban J connectivity index is 1.45. The van der Waals surface area contributed by atoms with Gasteiger partial charge in [-0.1, -0.05) is 160 Å². The van der Waals surface area contributed by atoms with Crippen LogP contribution in [0.1, 0.15) is 22.3 Å². The fourth-order valence-electron chi connectivity index (χ4n) is 10.5. The second-order valence-electron chi connectivity index (χ2n) is 18.0. The van der Waals surface area contributed by atoms with Gasteiger partial charge in [0.15, 0.2) is 0 Å². The Labute approximate surface area is 341 Å². The number of nitrogens with zero attached hydrogens (tertiary/aromatic N) is 2. The highest BCUT2D eigenvalue weighted by atomic mass is 28.4. The molecule has 8 aromatic carbocycles. The van der Waals surface area contributed by atoms with Crippen LogP contribution in [-0.4, -0.2) is 16.1 Å². The molecule has 282 valence electrons. The maximum Gasteiger partial charge on any atom is 0.0579 e. The standard InChI is InChI=1S/C53H52N2Si2/c1-37-27-31-41(32-28-37)54(39-19-11-9-12-20-39)49-35-47-51(45-25-17-15-23-43(45)49)52-46-26-18-16-24-44(46)50(36-48(52)53(47,56(3,4)5)57(6,7)8)55(40-21-13-10-14-22-40)42-33-29-38(2)30-34-42/h9-36H,1-8H3. The zero-order chi connectivity index (χ0) is 39.7. The number of aryl methyl sites for hydroxylation is 2. The molecule has 0 heterocycles. The summed E-state index contributed by atoms with van der Waals surface area (Å²) < 4.78 is -0.118. The van der Waals surface area contributed by atoms with Gasteiger partial charge in [-0.2, -0.15) is 0 Å². The van der Waals surface area contributed by atoms with E-state index in [-0.39, 0.29) is 4.66 Å². The first-order chi connectivity index (χ1) is 27.4. The van der Waals surface area contributed by atoms with Crippen molar-refractivity contribution >= 4 is 71.8 Å². The summed E-state index contributed by atoms with van der Waals surface area (Å²) in [5, 5.41) is 5.20. The monoisotopic (exact) mass is 772 g/mol. The second-order valence-corrected chi connectivity index (χ2v) is 29.0. The van der Waals surface area contributed by atoms with Crippen molar-refractivity contribution < 1.29 is 0 Å². The molecule has 0 atom stereocenters. The molecular formula is C53H52N2Si2. The van der Waals surface area contributed by atoms with E-state index in [1.807, 2.05) is 0 Å². The molecule has 0 aliphatic heterocycles. The predicted molar refractivity (Wildman–Crippen MR) is 253 cm³/mol. The van der Waals surface area contributed by atoms with Crippen molar-refractivity contribution in [3.8, 4) is 11.1 Å². The summed E-state index contributed by atoms with van der Waals surface area (Å²) in [4.78, 5) is 5.00. The number of benzene rings is 8. The van der Waals surface area contributed by atoms with E-state index in [0.29, 0.717) is 0 Å². The van der Waals surface area contributed by atoms with Crippen LogP contribution >= 0.6 is 0 Å². The van der Waals surface area contributed by atoms with Crippen LogP contribution in [0.25, 0.3) is 32.7 Å². The van der Waals surface area contributed by atoms with Gasteiger partial charge in [-0.25, -0.2) is 0 Å². The molecule has 4 heteroatoms. The molecule has 0 N–H and O–H groups in total. The molecule has 0 saturated carbocycles. The van der Waals surface area contributed by atoms with Gasteiger partial charge in [0.05, 0.1) is 27.5 Å². The van der Waals surface area contributed by atoms with E-state index < -0.39 is 16.1 Å². The fraction of sp³-hybridized carbons (Fsp3) is 0.170. The van der Waals surface area contributed by atoms with E-state index in [1.165, 1.54) is 77.7 Å². The maximum atomic E-state index is 2.64. The van der Waals surface area contributed by atoms with Crippen molar-refractivity contribution in [1.29, 1.82) is 0 Å². The van der Waals surface area contributed by atoms with Crippen molar-refractivity contribution in [3.63, 3.8) is 0 Å². The Morgan fingerprint density at radius 3 is 0.982 bits per heavy atom. The average Bonchev–Trinajstić information content (AvgIpc) is 3.53. The highest BCUT2D eigenvalue weighted by Crippen LogP contribution is 2.63. The summed E-state index contributed by atoms with van der Waals surface area (Å²) in [7, 11) is -4.22. The molecule has 0 aromatic heterocycles. The molecule has 9 rings (SSSR count). The van der Waals surface area contributed by atoms with Gasteiger partial charge in [-0.3, -0.25) is 0 Å². The van der Waals surface area contributed by atoms with Crippen LogP contribution in [0, 0.1) is 13.8 Å². The van der Waals surface area contributed by atoms with Crippen molar-refractivity contribution in [2.45, 2.75) is 57.8 Å². The third-order valence-corrected chi connectivity index (χ3v) is 22.5. The quantitative estimate of drug-likeness (QED) is 0.142. The van der Waals surface area contributed by atoms with Gasteiger partial charge in [-0.15, -0.1) is 0 Å². The highest BCUT2D eigenvalue weighted by molar-refractivity contribution is 7.00. The van der Waals surface area contributed by atoms with E-state index in [4.69, 9.17) is 0 Å². The fourth-order valence-corrected chi connectivity index (χ4v) is 23.5. The van der Waals surface area contributed by atoms with E-state index in [0.717, 1.165) is 11.4 Å². The molecular weight excluding hydrogens is 721 g/mol. The summed E-state index contributed by atoms with van der Waals surface area (Å²) >= 11 is 0. The van der Waals surface area contributed by atoms with E-state index >= 15 is 0 Å². The molecule has 0 saturated heterocycles. The third kappa shape index (κ3) is 5.80. The molecule has 0 amide bonds. The first-order valence-electron chi connectivity index (χ1n) is 20.4. The molecule has 0 bridgehead atoms. The predicted octanol–water partition coefficient (Wildman–Crippen LogP) is 15.6. The van der Waals surface area contributed by atoms with Gasteiger partial charge in [0.25, 0.3) is 0 Å². The minimum absolute atomic E-state index is 0.118. The molecule has 8 aromatic rings. The summed E-state index contributed by atoms with van der Waals surface area (Å²) in [6, 6.07) is 63.7. The Bertz CT molecular complexity index is 2570. The molecule has 0 spiro atoms. The van der Waals surface area contributed by atoms with Crippen LogP contribution in [0.2, 0.25) is 39.3 Å². The zero-order valence-electron chi connectivity index (χ0n) is 34.6. The molecule has 0 unspecified atom stereocenters. The average molecular weight is 773 g/mol. The number of rotatable bonds is 8. The van der Waals surface area contributed by atoms with Gasteiger partial charge in [0.2, 0.25) is 0 Å². The van der Waals surface area contributed by atoms with Crippen molar-refractivity contribution in [2.75, 3.05) is 9.80 Å². The Kier molecular flexibility index (Phi) is 8.91. The van der Waals surface area contributed by atoms with Gasteiger partial charge in [0.1, 0.15) is 0 Å². The lowest BCUT2D eigenvalue weighted by molar-refractivity contribution is 0.953. The first kappa shape index (κ1) is 36.9. The van der Waals surface area contributed by atoms with Crippen LogP contribution in [0.15, 0.2) is 170 Å². The normalized spacial score (nSPS) is 13.4. The lowest BCUT2D eigenvalue weighted by Gasteiger charge is -2.51. The number of hydrogen-bond donors (Lipinski definition) is 0. The molecule has 2 nitrogen and oxygen atoms in total. The molecule has 0 fully saturated rings. The Hall–Kier alpha value is -5.69. The van der Waals surface area contributed by atoms with Crippen LogP contribution < -0.4 is 9.80 Å². The lowest BCUT2D eigenvalue weighted by atomic mass is 9.92.